The van der Waals surface area contributed by atoms with Crippen molar-refractivity contribution in [2.45, 2.75) is 45.2 Å². The Balaban J connectivity index is 1.70. The summed E-state index contributed by atoms with van der Waals surface area (Å²) in [7, 11) is 3.80. The van der Waals surface area contributed by atoms with Crippen LogP contribution >= 0.6 is 0 Å². The van der Waals surface area contributed by atoms with Crippen molar-refractivity contribution >= 4 is 17.5 Å². The van der Waals surface area contributed by atoms with Gasteiger partial charge in [0.2, 0.25) is 0 Å². The van der Waals surface area contributed by atoms with E-state index in [0.717, 1.165) is 25.1 Å². The molecule has 0 spiro atoms. The maximum absolute atomic E-state index is 12.8. The summed E-state index contributed by atoms with van der Waals surface area (Å²) in [4.78, 5) is 28.9. The molecule has 1 aliphatic rings. The first kappa shape index (κ1) is 20.1. The van der Waals surface area contributed by atoms with Crippen LogP contribution in [-0.4, -0.2) is 53.1 Å². The Morgan fingerprint density at radius 2 is 1.93 bits per heavy atom. The Bertz CT molecular complexity index is 850. The second kappa shape index (κ2) is 7.75. The predicted octanol–water partition coefficient (Wildman–Crippen LogP) is 2.98. The zero-order valence-electron chi connectivity index (χ0n) is 17.2. The summed E-state index contributed by atoms with van der Waals surface area (Å²) < 4.78 is 0. The van der Waals surface area contributed by atoms with Gasteiger partial charge in [-0.25, -0.2) is 0 Å². The zero-order valence-corrected chi connectivity index (χ0v) is 17.2. The van der Waals surface area contributed by atoms with Crippen molar-refractivity contribution in [3.8, 4) is 0 Å². The van der Waals surface area contributed by atoms with Gasteiger partial charge in [0.25, 0.3) is 11.8 Å². The van der Waals surface area contributed by atoms with E-state index in [1.807, 2.05) is 26.8 Å². The molecule has 2 N–H and O–H groups in total. The number of H-pyrrole nitrogens is 1. The van der Waals surface area contributed by atoms with Crippen molar-refractivity contribution in [2.24, 2.45) is 0 Å². The molecule has 2 heterocycles. The highest BCUT2D eigenvalue weighted by atomic mass is 16.2. The molecule has 1 fully saturated rings. The molecule has 1 atom stereocenters. The van der Waals surface area contributed by atoms with Gasteiger partial charge in [0.1, 0.15) is 0 Å². The summed E-state index contributed by atoms with van der Waals surface area (Å²) in [5, 5.41) is 10.2. The van der Waals surface area contributed by atoms with E-state index in [1.54, 1.807) is 36.2 Å². The van der Waals surface area contributed by atoms with E-state index in [-0.39, 0.29) is 17.4 Å². The van der Waals surface area contributed by atoms with Crippen LogP contribution in [0.15, 0.2) is 30.3 Å². The number of hydrogen-bond donors (Lipinski definition) is 2. The minimum atomic E-state index is -0.298. The first-order valence-corrected chi connectivity index (χ1v) is 9.62. The van der Waals surface area contributed by atoms with Crippen LogP contribution < -0.4 is 10.2 Å². The summed E-state index contributed by atoms with van der Waals surface area (Å²) in [6.45, 7) is 6.87. The molecule has 1 aromatic heterocycles. The number of rotatable bonds is 4. The molecule has 0 bridgehead atoms. The standard InChI is InChI=1S/C21H29N5O2/c1-21(2,3)22-19(27)14-8-10-15(11-9-14)26(5)20(28)17-13-16(23-24-17)18-7-6-12-25(18)4/h8-11,13,18H,6-7,12H2,1-5H3,(H,22,27)(H,23,24). The summed E-state index contributed by atoms with van der Waals surface area (Å²) in [6, 6.07) is 9.13. The van der Waals surface area contributed by atoms with Crippen molar-refractivity contribution in [3.63, 3.8) is 0 Å². The molecular weight excluding hydrogens is 354 g/mol. The van der Waals surface area contributed by atoms with Gasteiger partial charge in [-0.15, -0.1) is 0 Å². The molecule has 150 valence electrons. The summed E-state index contributed by atoms with van der Waals surface area (Å²) >= 11 is 0. The van der Waals surface area contributed by atoms with Crippen LogP contribution in [0.4, 0.5) is 5.69 Å². The molecule has 1 aromatic carbocycles. The topological polar surface area (TPSA) is 81.3 Å². The molecule has 7 heteroatoms. The van der Waals surface area contributed by atoms with Gasteiger partial charge < -0.3 is 10.2 Å². The Kier molecular flexibility index (Phi) is 5.56. The highest BCUT2D eigenvalue weighted by Gasteiger charge is 2.26. The van der Waals surface area contributed by atoms with E-state index >= 15 is 0 Å². The molecule has 0 saturated carbocycles. The highest BCUT2D eigenvalue weighted by Crippen LogP contribution is 2.29. The number of aromatic nitrogens is 2. The van der Waals surface area contributed by atoms with Crippen molar-refractivity contribution in [1.29, 1.82) is 0 Å². The molecule has 7 nitrogen and oxygen atoms in total. The fourth-order valence-corrected chi connectivity index (χ4v) is 3.46. The van der Waals surface area contributed by atoms with Gasteiger partial charge in [0.05, 0.1) is 11.7 Å². The molecule has 0 aliphatic carbocycles. The normalized spacial score (nSPS) is 17.5. The van der Waals surface area contributed by atoms with Crippen molar-refractivity contribution in [3.05, 3.63) is 47.3 Å². The lowest BCUT2D eigenvalue weighted by atomic mass is 10.1. The lowest BCUT2D eigenvalue weighted by Gasteiger charge is -2.21. The molecule has 0 radical (unpaired) electrons. The quantitative estimate of drug-likeness (QED) is 0.850. The number of nitrogens with one attached hydrogen (secondary N) is 2. The van der Waals surface area contributed by atoms with E-state index in [0.29, 0.717) is 23.0 Å². The van der Waals surface area contributed by atoms with Crippen LogP contribution in [0.2, 0.25) is 0 Å². The SMILES string of the molecule is CN(C(=O)c1cc(C2CCCN2C)[nH]n1)c1ccc(C(=O)NC(C)(C)C)cc1. The lowest BCUT2D eigenvalue weighted by molar-refractivity contribution is 0.0919. The monoisotopic (exact) mass is 383 g/mol. The third-order valence-electron chi connectivity index (χ3n) is 5.01. The minimum Gasteiger partial charge on any atom is -0.347 e. The maximum atomic E-state index is 12.8. The number of likely N-dealkylation sites (tertiary alicyclic amines) is 1. The molecule has 1 saturated heterocycles. The molecule has 2 aromatic rings. The maximum Gasteiger partial charge on any atom is 0.278 e. The minimum absolute atomic E-state index is 0.134. The fraction of sp³-hybridized carbons (Fsp3) is 0.476. The van der Waals surface area contributed by atoms with Gasteiger partial charge in [-0.2, -0.15) is 5.10 Å². The third-order valence-corrected chi connectivity index (χ3v) is 5.01. The Hall–Kier alpha value is -2.67. The Morgan fingerprint density at radius 3 is 2.50 bits per heavy atom. The van der Waals surface area contributed by atoms with Gasteiger partial charge in [0.15, 0.2) is 5.69 Å². The first-order valence-electron chi connectivity index (χ1n) is 9.62. The van der Waals surface area contributed by atoms with E-state index in [2.05, 4.69) is 27.5 Å². The summed E-state index contributed by atoms with van der Waals surface area (Å²) in [5.41, 5.74) is 2.34. The number of carbonyl (C=O) groups excluding carboxylic acids is 2. The molecular formula is C21H29N5O2. The van der Waals surface area contributed by atoms with Crippen molar-refractivity contribution < 1.29 is 9.59 Å². The van der Waals surface area contributed by atoms with Gasteiger partial charge in [-0.05, 0) is 77.5 Å². The molecule has 1 aliphatic heterocycles. The number of nitrogens with zero attached hydrogens (tertiary/aromatic N) is 3. The summed E-state index contributed by atoms with van der Waals surface area (Å²) in [6.07, 6.45) is 2.22. The van der Waals surface area contributed by atoms with E-state index < -0.39 is 0 Å². The molecule has 2 amide bonds. The smallest absolute Gasteiger partial charge is 0.278 e. The third kappa shape index (κ3) is 4.42. The first-order chi connectivity index (χ1) is 13.2. The van der Waals surface area contributed by atoms with E-state index in [9.17, 15) is 9.59 Å². The molecule has 28 heavy (non-hydrogen) atoms. The van der Waals surface area contributed by atoms with Crippen LogP contribution in [0.25, 0.3) is 0 Å². The van der Waals surface area contributed by atoms with Crippen LogP contribution in [-0.2, 0) is 0 Å². The second-order valence-corrected chi connectivity index (χ2v) is 8.46. The molecule has 3 rings (SSSR count). The van der Waals surface area contributed by atoms with E-state index in [4.69, 9.17) is 0 Å². The average Bonchev–Trinajstić information content (AvgIpc) is 3.28. The Morgan fingerprint density at radius 1 is 1.25 bits per heavy atom. The highest BCUT2D eigenvalue weighted by molar-refractivity contribution is 6.04. The van der Waals surface area contributed by atoms with Crippen LogP contribution in [0.1, 0.15) is 66.2 Å². The largest absolute Gasteiger partial charge is 0.347 e. The number of amides is 2. The van der Waals surface area contributed by atoms with Gasteiger partial charge in [-0.1, -0.05) is 0 Å². The molecule has 1 unspecified atom stereocenters. The van der Waals surface area contributed by atoms with Crippen molar-refractivity contribution in [2.75, 3.05) is 25.5 Å². The Labute approximate surface area is 166 Å². The zero-order chi connectivity index (χ0) is 20.5. The number of anilines is 1. The number of aromatic amines is 1. The van der Waals surface area contributed by atoms with Crippen molar-refractivity contribution in [1.82, 2.24) is 20.4 Å². The van der Waals surface area contributed by atoms with Crippen LogP contribution in [0, 0.1) is 0 Å². The van der Waals surface area contributed by atoms with Gasteiger partial charge >= 0.3 is 0 Å². The van der Waals surface area contributed by atoms with E-state index in [1.165, 1.54) is 0 Å². The number of hydrogen-bond acceptors (Lipinski definition) is 4. The fourth-order valence-electron chi connectivity index (χ4n) is 3.46. The summed E-state index contributed by atoms with van der Waals surface area (Å²) in [5.74, 6) is -0.319. The number of benzene rings is 1. The van der Waals surface area contributed by atoms with Crippen LogP contribution in [0.5, 0.6) is 0 Å². The average molecular weight is 383 g/mol. The van der Waals surface area contributed by atoms with Crippen LogP contribution in [0.3, 0.4) is 0 Å². The predicted molar refractivity (Wildman–Crippen MR) is 110 cm³/mol. The number of carbonyl (C=O) groups is 2. The second-order valence-electron chi connectivity index (χ2n) is 8.46. The lowest BCUT2D eigenvalue weighted by Crippen LogP contribution is -2.40. The van der Waals surface area contributed by atoms with Gasteiger partial charge in [-0.3, -0.25) is 19.6 Å². The van der Waals surface area contributed by atoms with Gasteiger partial charge in [0, 0.05) is 23.8 Å².